The van der Waals surface area contributed by atoms with Crippen molar-refractivity contribution in [2.24, 2.45) is 0 Å². The number of hydrogen-bond acceptors (Lipinski definition) is 5. The van der Waals surface area contributed by atoms with Crippen molar-refractivity contribution in [1.82, 2.24) is 4.57 Å². The van der Waals surface area contributed by atoms with E-state index in [2.05, 4.69) is 14.6 Å². The van der Waals surface area contributed by atoms with Crippen molar-refractivity contribution in [2.45, 2.75) is 26.8 Å². The number of nitrogens with zero attached hydrogens (tertiary/aromatic N) is 2. The molecule has 8 heteroatoms. The number of amides is 1. The number of nitriles is 1. The fourth-order valence-electron chi connectivity index (χ4n) is 3.31. The predicted molar refractivity (Wildman–Crippen MR) is 116 cm³/mol. The first-order valence-corrected chi connectivity index (χ1v) is 9.59. The topological polar surface area (TPSA) is 93.4 Å². The number of rotatable bonds is 7. The summed E-state index contributed by atoms with van der Waals surface area (Å²) in [4.78, 5) is 24.4. The van der Waals surface area contributed by atoms with Gasteiger partial charge >= 0.3 is 5.97 Å². The van der Waals surface area contributed by atoms with Crippen LogP contribution >= 0.6 is 11.6 Å². The van der Waals surface area contributed by atoms with Gasteiger partial charge in [-0.25, -0.2) is 4.79 Å². The summed E-state index contributed by atoms with van der Waals surface area (Å²) in [5.74, 6) is -1.21. The third-order valence-electron chi connectivity index (χ3n) is 4.67. The maximum Gasteiger partial charge on any atom is 0.339 e. The molecule has 1 atom stereocenters. The van der Waals surface area contributed by atoms with Crippen LogP contribution in [0.3, 0.4) is 0 Å². The van der Waals surface area contributed by atoms with Crippen LogP contribution in [0, 0.1) is 25.2 Å². The molecule has 0 aliphatic heterocycles. The number of aryl methyl sites for hydroxylation is 1. The monoisotopic (exact) mass is 429 g/mol. The molecule has 0 bridgehead atoms. The first-order valence-electron chi connectivity index (χ1n) is 9.21. The first kappa shape index (κ1) is 23.2. The molecule has 2 rings (SSSR count). The zero-order chi connectivity index (χ0) is 22.4. The van der Waals surface area contributed by atoms with Crippen molar-refractivity contribution in [3.63, 3.8) is 0 Å². The van der Waals surface area contributed by atoms with Gasteiger partial charge in [-0.05, 0) is 56.7 Å². The molecule has 30 heavy (non-hydrogen) atoms. The van der Waals surface area contributed by atoms with E-state index < -0.39 is 11.9 Å². The molecule has 1 aromatic carbocycles. The SMILES string of the molecule is COCC(C)n1c(C)cc(/C=C(\C#N)C(=O)Nc2ccc(Cl)c(C(=O)OC)c2)c1C. The van der Waals surface area contributed by atoms with Gasteiger partial charge in [-0.3, -0.25) is 4.79 Å². The summed E-state index contributed by atoms with van der Waals surface area (Å²) in [5, 5.41) is 12.3. The van der Waals surface area contributed by atoms with Gasteiger partial charge in [0, 0.05) is 24.2 Å². The summed E-state index contributed by atoms with van der Waals surface area (Å²) in [6, 6.07) is 8.39. The van der Waals surface area contributed by atoms with Crippen LogP contribution < -0.4 is 5.32 Å². The van der Waals surface area contributed by atoms with Crippen LogP contribution in [0.15, 0.2) is 29.8 Å². The van der Waals surface area contributed by atoms with Gasteiger partial charge < -0.3 is 19.4 Å². The molecule has 0 aliphatic carbocycles. The van der Waals surface area contributed by atoms with E-state index in [1.54, 1.807) is 19.3 Å². The number of halogens is 1. The number of hydrogen-bond donors (Lipinski definition) is 1. The van der Waals surface area contributed by atoms with E-state index >= 15 is 0 Å². The third kappa shape index (κ3) is 5.09. The Morgan fingerprint density at radius 1 is 1.30 bits per heavy atom. The predicted octanol–water partition coefficient (Wildman–Crippen LogP) is 4.30. The largest absolute Gasteiger partial charge is 0.465 e. The molecule has 0 fully saturated rings. The van der Waals surface area contributed by atoms with Crippen molar-refractivity contribution < 1.29 is 19.1 Å². The quantitative estimate of drug-likeness (QED) is 0.402. The highest BCUT2D eigenvalue weighted by Gasteiger charge is 2.17. The Balaban J connectivity index is 2.32. The van der Waals surface area contributed by atoms with E-state index in [0.717, 1.165) is 17.0 Å². The molecule has 1 amide bonds. The van der Waals surface area contributed by atoms with Gasteiger partial charge in [-0.1, -0.05) is 11.6 Å². The molecule has 0 saturated heterocycles. The van der Waals surface area contributed by atoms with Crippen molar-refractivity contribution in [1.29, 1.82) is 5.26 Å². The first-order chi connectivity index (χ1) is 14.2. The number of anilines is 1. The second-order valence-electron chi connectivity index (χ2n) is 6.81. The second kappa shape index (κ2) is 10.1. The minimum Gasteiger partial charge on any atom is -0.465 e. The molecule has 1 unspecified atom stereocenters. The molecular weight excluding hydrogens is 406 g/mol. The maximum absolute atomic E-state index is 12.6. The summed E-state index contributed by atoms with van der Waals surface area (Å²) in [6.45, 7) is 6.48. The number of carbonyl (C=O) groups is 2. The smallest absolute Gasteiger partial charge is 0.339 e. The molecule has 2 aromatic rings. The highest BCUT2D eigenvalue weighted by atomic mass is 35.5. The molecule has 0 aliphatic rings. The molecule has 7 nitrogen and oxygen atoms in total. The summed E-state index contributed by atoms with van der Waals surface area (Å²) in [7, 11) is 2.89. The number of esters is 1. The summed E-state index contributed by atoms with van der Waals surface area (Å²) in [6.07, 6.45) is 1.55. The van der Waals surface area contributed by atoms with E-state index in [0.29, 0.717) is 12.3 Å². The zero-order valence-corrected chi connectivity index (χ0v) is 18.3. The lowest BCUT2D eigenvalue weighted by Crippen LogP contribution is -2.15. The Morgan fingerprint density at radius 3 is 2.60 bits per heavy atom. The van der Waals surface area contributed by atoms with E-state index in [-0.39, 0.29) is 22.2 Å². The summed E-state index contributed by atoms with van der Waals surface area (Å²) < 4.78 is 12.0. The fourth-order valence-corrected chi connectivity index (χ4v) is 3.51. The van der Waals surface area contributed by atoms with E-state index in [1.807, 2.05) is 32.9 Å². The standard InChI is InChI=1S/C22H24ClN3O4/c1-13-8-16(15(3)26(13)14(2)12-29-4)9-17(11-24)21(27)25-18-6-7-20(23)19(10-18)22(28)30-5/h6-10,14H,12H2,1-5H3,(H,25,27)/b17-9+. The number of aromatic nitrogens is 1. The Bertz CT molecular complexity index is 1030. The number of ether oxygens (including phenoxy) is 2. The number of benzene rings is 1. The van der Waals surface area contributed by atoms with Crippen LogP contribution in [0.1, 0.15) is 40.3 Å². The molecule has 0 saturated carbocycles. The zero-order valence-electron chi connectivity index (χ0n) is 17.6. The van der Waals surface area contributed by atoms with Crippen LogP contribution in [0.5, 0.6) is 0 Å². The van der Waals surface area contributed by atoms with Crippen molar-refractivity contribution in [3.8, 4) is 6.07 Å². The number of nitrogens with one attached hydrogen (secondary N) is 1. The Morgan fingerprint density at radius 2 is 2.00 bits per heavy atom. The van der Waals surface area contributed by atoms with Crippen molar-refractivity contribution in [2.75, 3.05) is 26.1 Å². The second-order valence-corrected chi connectivity index (χ2v) is 7.22. The van der Waals surface area contributed by atoms with Gasteiger partial charge in [0.15, 0.2) is 0 Å². The van der Waals surface area contributed by atoms with Gasteiger partial charge in [0.1, 0.15) is 11.6 Å². The van der Waals surface area contributed by atoms with Gasteiger partial charge in [0.25, 0.3) is 5.91 Å². The summed E-state index contributed by atoms with van der Waals surface area (Å²) in [5.41, 5.74) is 3.08. The van der Waals surface area contributed by atoms with Crippen LogP contribution in [0.4, 0.5) is 5.69 Å². The molecule has 1 N–H and O–H groups in total. The number of methoxy groups -OCH3 is 2. The Hall–Kier alpha value is -3.08. The minimum absolute atomic E-state index is 0.0655. The minimum atomic E-state index is -0.621. The van der Waals surface area contributed by atoms with Gasteiger partial charge in [0.2, 0.25) is 0 Å². The highest BCUT2D eigenvalue weighted by molar-refractivity contribution is 6.33. The lowest BCUT2D eigenvalue weighted by molar-refractivity contribution is -0.112. The van der Waals surface area contributed by atoms with E-state index in [1.165, 1.54) is 19.2 Å². The van der Waals surface area contributed by atoms with Crippen LogP contribution in [0.25, 0.3) is 6.08 Å². The van der Waals surface area contributed by atoms with Crippen LogP contribution in [-0.2, 0) is 14.3 Å². The van der Waals surface area contributed by atoms with Crippen molar-refractivity contribution in [3.05, 3.63) is 57.4 Å². The van der Waals surface area contributed by atoms with Crippen molar-refractivity contribution >= 4 is 35.2 Å². The fraction of sp³-hybridized carbons (Fsp3) is 0.318. The molecule has 1 aromatic heterocycles. The normalized spacial score (nSPS) is 12.2. The average molecular weight is 430 g/mol. The molecule has 1 heterocycles. The van der Waals surface area contributed by atoms with Crippen LogP contribution in [0.2, 0.25) is 5.02 Å². The Kier molecular flexibility index (Phi) is 7.81. The van der Waals surface area contributed by atoms with Gasteiger partial charge in [-0.15, -0.1) is 0 Å². The molecule has 0 radical (unpaired) electrons. The maximum atomic E-state index is 12.6. The lowest BCUT2D eigenvalue weighted by atomic mass is 10.1. The van der Waals surface area contributed by atoms with E-state index in [9.17, 15) is 14.9 Å². The highest BCUT2D eigenvalue weighted by Crippen LogP contribution is 2.24. The molecular formula is C22H24ClN3O4. The Labute approximate surface area is 180 Å². The van der Waals surface area contributed by atoms with E-state index in [4.69, 9.17) is 16.3 Å². The van der Waals surface area contributed by atoms with Gasteiger partial charge in [0.05, 0.1) is 30.3 Å². The number of carbonyl (C=O) groups excluding carboxylic acids is 2. The lowest BCUT2D eigenvalue weighted by Gasteiger charge is -2.17. The third-order valence-corrected chi connectivity index (χ3v) is 5.00. The van der Waals surface area contributed by atoms with Gasteiger partial charge in [-0.2, -0.15) is 5.26 Å². The average Bonchev–Trinajstić information content (AvgIpc) is 2.99. The van der Waals surface area contributed by atoms with Crippen LogP contribution in [-0.4, -0.2) is 37.3 Å². The molecule has 158 valence electrons. The molecule has 0 spiro atoms. The summed E-state index contributed by atoms with van der Waals surface area (Å²) >= 11 is 6.00.